The van der Waals surface area contributed by atoms with Crippen LogP contribution >= 0.6 is 11.3 Å². The number of nitrogens with one attached hydrogen (secondary N) is 2. The molecule has 0 spiro atoms. The van der Waals surface area contributed by atoms with E-state index in [0.29, 0.717) is 11.6 Å². The van der Waals surface area contributed by atoms with Gasteiger partial charge in [0.1, 0.15) is 11.0 Å². The van der Waals surface area contributed by atoms with Gasteiger partial charge in [-0.05, 0) is 12.5 Å². The maximum atomic E-state index is 13.0. The van der Waals surface area contributed by atoms with Crippen molar-refractivity contribution in [2.45, 2.75) is 40.2 Å². The number of carbonyl (C=O) groups excluding carboxylic acids is 2. The van der Waals surface area contributed by atoms with Crippen molar-refractivity contribution in [3.63, 3.8) is 0 Å². The van der Waals surface area contributed by atoms with E-state index in [1.807, 2.05) is 82.3 Å². The van der Waals surface area contributed by atoms with Gasteiger partial charge in [-0.15, -0.1) is 10.2 Å². The maximum Gasteiger partial charge on any atom is 0.249 e. The Morgan fingerprint density at radius 1 is 1.00 bits per heavy atom. The highest BCUT2D eigenvalue weighted by molar-refractivity contribution is 7.18. The zero-order valence-electron chi connectivity index (χ0n) is 17.6. The van der Waals surface area contributed by atoms with Crippen LogP contribution in [0.1, 0.15) is 31.9 Å². The maximum absolute atomic E-state index is 13.0. The molecule has 2 amide bonds. The van der Waals surface area contributed by atoms with E-state index in [1.54, 1.807) is 0 Å². The Morgan fingerprint density at radius 2 is 1.67 bits per heavy atom. The van der Waals surface area contributed by atoms with Gasteiger partial charge in [0, 0.05) is 17.4 Å². The lowest BCUT2D eigenvalue weighted by Crippen LogP contribution is -2.48. The number of benzene rings is 2. The molecule has 156 valence electrons. The molecule has 6 nitrogen and oxygen atoms in total. The van der Waals surface area contributed by atoms with Crippen LogP contribution in [-0.4, -0.2) is 28.1 Å². The fourth-order valence-electron chi connectivity index (χ4n) is 2.71. The van der Waals surface area contributed by atoms with E-state index in [9.17, 15) is 9.59 Å². The Labute approximate surface area is 180 Å². The molecule has 2 aromatic carbocycles. The summed E-state index contributed by atoms with van der Waals surface area (Å²) in [5.74, 6) is -0.501. The van der Waals surface area contributed by atoms with Crippen LogP contribution in [0.2, 0.25) is 0 Å². The van der Waals surface area contributed by atoms with E-state index in [0.717, 1.165) is 21.7 Å². The number of aryl methyl sites for hydroxylation is 1. The van der Waals surface area contributed by atoms with Crippen LogP contribution in [0, 0.1) is 12.3 Å². The van der Waals surface area contributed by atoms with Crippen molar-refractivity contribution in [2.24, 2.45) is 5.41 Å². The van der Waals surface area contributed by atoms with E-state index in [4.69, 9.17) is 0 Å². The summed E-state index contributed by atoms with van der Waals surface area (Å²) in [6.45, 7) is 7.48. The number of hydrogen-bond acceptors (Lipinski definition) is 5. The quantitative estimate of drug-likeness (QED) is 0.623. The standard InChI is InChI=1S/C23H26N4O2S/c1-15-10-12-17(13-11-15)20-26-27-22(30-20)25-19(28)18(24-21(29)23(2,3)4)14-16-8-6-5-7-9-16/h5-13,18H,14H2,1-4H3,(H,24,29)(H,25,27,28)/t18-/m0/s1. The summed E-state index contributed by atoms with van der Waals surface area (Å²) in [5.41, 5.74) is 2.47. The molecule has 1 aromatic heterocycles. The molecule has 0 aliphatic heterocycles. The Balaban J connectivity index is 1.75. The van der Waals surface area contributed by atoms with E-state index in [-0.39, 0.29) is 11.8 Å². The molecule has 30 heavy (non-hydrogen) atoms. The number of anilines is 1. The van der Waals surface area contributed by atoms with Gasteiger partial charge in [-0.2, -0.15) is 0 Å². The fourth-order valence-corrected chi connectivity index (χ4v) is 3.46. The van der Waals surface area contributed by atoms with Crippen LogP contribution in [0.4, 0.5) is 5.13 Å². The smallest absolute Gasteiger partial charge is 0.249 e. The van der Waals surface area contributed by atoms with Crippen molar-refractivity contribution < 1.29 is 9.59 Å². The van der Waals surface area contributed by atoms with Crippen molar-refractivity contribution in [2.75, 3.05) is 5.32 Å². The highest BCUT2D eigenvalue weighted by atomic mass is 32.1. The third-order valence-electron chi connectivity index (χ3n) is 4.54. The third-order valence-corrected chi connectivity index (χ3v) is 5.43. The molecular formula is C23H26N4O2S. The third kappa shape index (κ3) is 5.73. The van der Waals surface area contributed by atoms with E-state index >= 15 is 0 Å². The van der Waals surface area contributed by atoms with Gasteiger partial charge in [-0.3, -0.25) is 14.9 Å². The molecule has 1 heterocycles. The predicted molar refractivity (Wildman–Crippen MR) is 120 cm³/mol. The van der Waals surface area contributed by atoms with E-state index in [1.165, 1.54) is 11.3 Å². The molecule has 2 N–H and O–H groups in total. The summed E-state index contributed by atoms with van der Waals surface area (Å²) < 4.78 is 0. The van der Waals surface area contributed by atoms with Crippen LogP contribution in [0.3, 0.4) is 0 Å². The molecule has 3 rings (SSSR count). The Bertz CT molecular complexity index is 1010. The van der Waals surface area contributed by atoms with E-state index < -0.39 is 11.5 Å². The lowest BCUT2D eigenvalue weighted by atomic mass is 9.94. The summed E-state index contributed by atoms with van der Waals surface area (Å²) in [4.78, 5) is 25.5. The predicted octanol–water partition coefficient (Wildman–Crippen LogP) is 4.23. The summed E-state index contributed by atoms with van der Waals surface area (Å²) in [7, 11) is 0. The highest BCUT2D eigenvalue weighted by Gasteiger charge is 2.28. The summed E-state index contributed by atoms with van der Waals surface area (Å²) in [6, 6.07) is 16.9. The summed E-state index contributed by atoms with van der Waals surface area (Å²) >= 11 is 1.30. The van der Waals surface area contributed by atoms with Crippen molar-refractivity contribution in [3.05, 3.63) is 65.7 Å². The molecular weight excluding hydrogens is 396 g/mol. The minimum absolute atomic E-state index is 0.184. The van der Waals surface area contributed by atoms with Gasteiger partial charge in [-0.1, -0.05) is 92.3 Å². The molecule has 0 saturated heterocycles. The topological polar surface area (TPSA) is 84.0 Å². The molecule has 0 aliphatic carbocycles. The van der Waals surface area contributed by atoms with Gasteiger partial charge in [0.25, 0.3) is 0 Å². The van der Waals surface area contributed by atoms with Gasteiger partial charge < -0.3 is 5.32 Å². The second-order valence-electron chi connectivity index (χ2n) is 8.23. The first-order chi connectivity index (χ1) is 14.2. The number of aromatic nitrogens is 2. The molecule has 7 heteroatoms. The molecule has 0 bridgehead atoms. The molecule has 0 saturated carbocycles. The second kappa shape index (κ2) is 9.17. The summed E-state index contributed by atoms with van der Waals surface area (Å²) in [5, 5.41) is 15.1. The molecule has 0 fully saturated rings. The van der Waals surface area contributed by atoms with Crippen molar-refractivity contribution in [3.8, 4) is 10.6 Å². The van der Waals surface area contributed by atoms with Gasteiger partial charge in [0.15, 0.2) is 0 Å². The molecule has 3 aromatic rings. The number of carbonyl (C=O) groups is 2. The van der Waals surface area contributed by atoms with Crippen molar-refractivity contribution >= 4 is 28.3 Å². The van der Waals surface area contributed by atoms with Crippen LogP contribution in [0.25, 0.3) is 10.6 Å². The lowest BCUT2D eigenvalue weighted by Gasteiger charge is -2.23. The molecule has 0 radical (unpaired) electrons. The van der Waals surface area contributed by atoms with Crippen molar-refractivity contribution in [1.29, 1.82) is 0 Å². The highest BCUT2D eigenvalue weighted by Crippen LogP contribution is 2.26. The van der Waals surface area contributed by atoms with Crippen LogP contribution in [0.15, 0.2) is 54.6 Å². The summed E-state index contributed by atoms with van der Waals surface area (Å²) in [6.07, 6.45) is 0.387. The minimum atomic E-state index is -0.717. The van der Waals surface area contributed by atoms with Crippen LogP contribution < -0.4 is 10.6 Å². The minimum Gasteiger partial charge on any atom is -0.344 e. The zero-order valence-corrected chi connectivity index (χ0v) is 18.4. The molecule has 0 unspecified atom stereocenters. The Morgan fingerprint density at radius 3 is 2.30 bits per heavy atom. The van der Waals surface area contributed by atoms with Crippen LogP contribution in [-0.2, 0) is 16.0 Å². The Hall–Kier alpha value is -3.06. The zero-order chi connectivity index (χ0) is 21.7. The largest absolute Gasteiger partial charge is 0.344 e. The first kappa shape index (κ1) is 21.6. The van der Waals surface area contributed by atoms with Gasteiger partial charge in [0.2, 0.25) is 16.9 Å². The second-order valence-corrected chi connectivity index (χ2v) is 9.21. The lowest BCUT2D eigenvalue weighted by molar-refractivity contribution is -0.132. The van der Waals surface area contributed by atoms with Gasteiger partial charge >= 0.3 is 0 Å². The van der Waals surface area contributed by atoms with Crippen molar-refractivity contribution in [1.82, 2.24) is 15.5 Å². The average Bonchev–Trinajstić information content (AvgIpc) is 3.16. The number of hydrogen-bond donors (Lipinski definition) is 2. The monoisotopic (exact) mass is 422 g/mol. The number of nitrogens with zero attached hydrogens (tertiary/aromatic N) is 2. The number of rotatable bonds is 6. The fraction of sp³-hybridized carbons (Fsp3) is 0.304. The van der Waals surface area contributed by atoms with Gasteiger partial charge in [-0.25, -0.2) is 0 Å². The molecule has 0 aliphatic rings. The van der Waals surface area contributed by atoms with E-state index in [2.05, 4.69) is 20.8 Å². The van der Waals surface area contributed by atoms with Crippen LogP contribution in [0.5, 0.6) is 0 Å². The number of amides is 2. The SMILES string of the molecule is Cc1ccc(-c2nnc(NC(=O)[C@H](Cc3ccccc3)NC(=O)C(C)(C)C)s2)cc1. The first-order valence-corrected chi connectivity index (χ1v) is 10.6. The molecule has 1 atom stereocenters. The normalized spacial score (nSPS) is 12.3. The first-order valence-electron chi connectivity index (χ1n) is 9.78. The van der Waals surface area contributed by atoms with Gasteiger partial charge in [0.05, 0.1) is 0 Å². The Kier molecular flexibility index (Phi) is 6.62. The average molecular weight is 423 g/mol.